The van der Waals surface area contributed by atoms with Gasteiger partial charge in [-0.25, -0.2) is 4.98 Å². The summed E-state index contributed by atoms with van der Waals surface area (Å²) < 4.78 is 0.954. The third kappa shape index (κ3) is 1.61. The zero-order chi connectivity index (χ0) is 6.85. The Morgan fingerprint density at radius 2 is 2.00 bits per heavy atom. The lowest BCUT2D eigenvalue weighted by atomic mass is 10.4. The second-order valence-corrected chi connectivity index (χ2v) is 2.97. The summed E-state index contributed by atoms with van der Waals surface area (Å²) in [5, 5.41) is 0. The van der Waals surface area contributed by atoms with Crippen LogP contribution in [-0.4, -0.2) is 9.97 Å². The van der Waals surface area contributed by atoms with E-state index in [4.69, 9.17) is 0 Å². The van der Waals surface area contributed by atoms with Gasteiger partial charge in [0.1, 0.15) is 3.70 Å². The highest BCUT2D eigenvalue weighted by Gasteiger charge is 1.93. The first-order valence-electron chi connectivity index (χ1n) is 2.66. The predicted molar refractivity (Wildman–Crippen MR) is 44.2 cm³/mol. The molecule has 1 aromatic heterocycles. The van der Waals surface area contributed by atoms with E-state index in [2.05, 4.69) is 32.6 Å². The van der Waals surface area contributed by atoms with Crippen molar-refractivity contribution in [2.24, 2.45) is 0 Å². The maximum absolute atomic E-state index is 4.20. The van der Waals surface area contributed by atoms with E-state index >= 15 is 0 Å². The van der Waals surface area contributed by atoms with E-state index in [0.717, 1.165) is 15.1 Å². The van der Waals surface area contributed by atoms with Gasteiger partial charge in [0.2, 0.25) is 0 Å². The molecule has 0 saturated carbocycles. The monoisotopic (exact) mass is 234 g/mol. The average molecular weight is 234 g/mol. The topological polar surface area (TPSA) is 25.8 Å². The number of hydrogen-bond acceptors (Lipinski definition) is 2. The van der Waals surface area contributed by atoms with Crippen LogP contribution >= 0.6 is 22.6 Å². The van der Waals surface area contributed by atoms with Crippen molar-refractivity contribution in [3.8, 4) is 0 Å². The molecule has 0 aliphatic carbocycles. The lowest BCUT2D eigenvalue weighted by Crippen LogP contribution is -1.92. The molecule has 0 spiro atoms. The fourth-order valence-electron chi connectivity index (χ4n) is 0.513. The molecule has 0 amide bonds. The van der Waals surface area contributed by atoms with E-state index in [1.54, 1.807) is 6.20 Å². The van der Waals surface area contributed by atoms with E-state index in [1.807, 2.05) is 13.8 Å². The molecule has 0 unspecified atom stereocenters. The molecule has 2 nitrogen and oxygen atoms in total. The van der Waals surface area contributed by atoms with Crippen LogP contribution in [0.15, 0.2) is 6.20 Å². The van der Waals surface area contributed by atoms with Crippen molar-refractivity contribution in [1.82, 2.24) is 9.97 Å². The fraction of sp³-hybridized carbons (Fsp3) is 0.333. The number of hydrogen-bond donors (Lipinski definition) is 0. The zero-order valence-corrected chi connectivity index (χ0v) is 7.51. The minimum Gasteiger partial charge on any atom is -0.257 e. The smallest absolute Gasteiger partial charge is 0.119 e. The van der Waals surface area contributed by atoms with Crippen LogP contribution in [0.4, 0.5) is 0 Å². The average Bonchev–Trinajstić information content (AvgIpc) is 1.80. The molecule has 0 aliphatic rings. The standard InChI is InChI=1S/C6H7IN2/c1-4-5(2)9-6(7)3-8-4/h3H,1-2H3. The maximum atomic E-state index is 4.20. The first-order chi connectivity index (χ1) is 4.20. The Labute approximate surface area is 67.9 Å². The highest BCUT2D eigenvalue weighted by Crippen LogP contribution is 2.02. The van der Waals surface area contributed by atoms with E-state index in [9.17, 15) is 0 Å². The van der Waals surface area contributed by atoms with Crippen LogP contribution in [0.1, 0.15) is 11.4 Å². The molecule has 1 aromatic rings. The van der Waals surface area contributed by atoms with E-state index < -0.39 is 0 Å². The third-order valence-electron chi connectivity index (χ3n) is 1.16. The lowest BCUT2D eigenvalue weighted by molar-refractivity contribution is 1.02. The molecule has 0 saturated heterocycles. The summed E-state index contributed by atoms with van der Waals surface area (Å²) in [7, 11) is 0. The lowest BCUT2D eigenvalue weighted by Gasteiger charge is -1.95. The largest absolute Gasteiger partial charge is 0.257 e. The number of aromatic nitrogens is 2. The summed E-state index contributed by atoms with van der Waals surface area (Å²) in [6.07, 6.45) is 1.77. The fourth-order valence-corrected chi connectivity index (χ4v) is 1.01. The van der Waals surface area contributed by atoms with Gasteiger partial charge in [0.25, 0.3) is 0 Å². The van der Waals surface area contributed by atoms with Gasteiger partial charge in [-0.1, -0.05) is 0 Å². The summed E-state index contributed by atoms with van der Waals surface area (Å²) in [5.74, 6) is 0. The van der Waals surface area contributed by atoms with Crippen LogP contribution in [0.3, 0.4) is 0 Å². The van der Waals surface area contributed by atoms with E-state index in [0.29, 0.717) is 0 Å². The minimum atomic E-state index is 0.954. The van der Waals surface area contributed by atoms with Crippen molar-refractivity contribution in [2.75, 3.05) is 0 Å². The van der Waals surface area contributed by atoms with Gasteiger partial charge >= 0.3 is 0 Å². The molecule has 0 radical (unpaired) electrons. The Morgan fingerprint density at radius 1 is 1.33 bits per heavy atom. The van der Waals surface area contributed by atoms with Gasteiger partial charge in [-0.15, -0.1) is 0 Å². The van der Waals surface area contributed by atoms with Gasteiger partial charge in [-0.05, 0) is 36.4 Å². The minimum absolute atomic E-state index is 0.954. The normalized spacial score (nSPS) is 9.67. The van der Waals surface area contributed by atoms with Crippen LogP contribution in [0, 0.1) is 17.5 Å². The van der Waals surface area contributed by atoms with Crippen LogP contribution in [0.2, 0.25) is 0 Å². The van der Waals surface area contributed by atoms with E-state index in [-0.39, 0.29) is 0 Å². The molecule has 0 fully saturated rings. The number of rotatable bonds is 0. The first kappa shape index (κ1) is 6.92. The second-order valence-electron chi connectivity index (χ2n) is 1.86. The molecule has 9 heavy (non-hydrogen) atoms. The first-order valence-corrected chi connectivity index (χ1v) is 3.74. The van der Waals surface area contributed by atoms with E-state index in [1.165, 1.54) is 0 Å². The summed E-state index contributed by atoms with van der Waals surface area (Å²) in [6.45, 7) is 3.92. The van der Waals surface area contributed by atoms with Gasteiger partial charge < -0.3 is 0 Å². The zero-order valence-electron chi connectivity index (χ0n) is 5.35. The Bertz CT molecular complexity index is 222. The molecular weight excluding hydrogens is 227 g/mol. The van der Waals surface area contributed by atoms with Crippen molar-refractivity contribution in [3.05, 3.63) is 21.3 Å². The van der Waals surface area contributed by atoms with Gasteiger partial charge in [-0.3, -0.25) is 4.98 Å². The van der Waals surface area contributed by atoms with Crippen molar-refractivity contribution < 1.29 is 0 Å². The maximum Gasteiger partial charge on any atom is 0.119 e. The van der Waals surface area contributed by atoms with Gasteiger partial charge in [0.15, 0.2) is 0 Å². The van der Waals surface area contributed by atoms with Crippen molar-refractivity contribution in [2.45, 2.75) is 13.8 Å². The Kier molecular flexibility index (Phi) is 2.00. The Morgan fingerprint density at radius 3 is 2.44 bits per heavy atom. The third-order valence-corrected chi connectivity index (χ3v) is 1.68. The Balaban J connectivity index is 3.17. The Hall–Kier alpha value is -0.190. The highest BCUT2D eigenvalue weighted by atomic mass is 127. The summed E-state index contributed by atoms with van der Waals surface area (Å²) in [6, 6.07) is 0. The molecular formula is C6H7IN2. The molecule has 48 valence electrons. The molecule has 0 atom stereocenters. The number of halogens is 1. The quantitative estimate of drug-likeness (QED) is 0.638. The molecule has 0 bridgehead atoms. The SMILES string of the molecule is Cc1ncc(I)nc1C. The molecule has 1 rings (SSSR count). The molecule has 3 heteroatoms. The highest BCUT2D eigenvalue weighted by molar-refractivity contribution is 14.1. The van der Waals surface area contributed by atoms with Crippen LogP contribution in [-0.2, 0) is 0 Å². The van der Waals surface area contributed by atoms with Crippen LogP contribution in [0.25, 0.3) is 0 Å². The summed E-state index contributed by atoms with van der Waals surface area (Å²) in [4.78, 5) is 8.31. The molecule has 0 aromatic carbocycles. The summed E-state index contributed by atoms with van der Waals surface area (Å²) in [5.41, 5.74) is 2.03. The van der Waals surface area contributed by atoms with Gasteiger partial charge in [0, 0.05) is 0 Å². The van der Waals surface area contributed by atoms with Crippen molar-refractivity contribution >= 4 is 22.6 Å². The number of aryl methyl sites for hydroxylation is 2. The van der Waals surface area contributed by atoms with Crippen molar-refractivity contribution in [1.29, 1.82) is 0 Å². The van der Waals surface area contributed by atoms with Crippen molar-refractivity contribution in [3.63, 3.8) is 0 Å². The molecule has 0 N–H and O–H groups in total. The molecule has 1 heterocycles. The predicted octanol–water partition coefficient (Wildman–Crippen LogP) is 1.70. The van der Waals surface area contributed by atoms with Gasteiger partial charge in [0.05, 0.1) is 17.6 Å². The summed E-state index contributed by atoms with van der Waals surface area (Å²) >= 11 is 2.15. The van der Waals surface area contributed by atoms with Crippen LogP contribution in [0.5, 0.6) is 0 Å². The van der Waals surface area contributed by atoms with Gasteiger partial charge in [-0.2, -0.15) is 0 Å². The molecule has 0 aliphatic heterocycles. The van der Waals surface area contributed by atoms with Crippen LogP contribution < -0.4 is 0 Å². The second kappa shape index (κ2) is 2.60. The number of nitrogens with zero attached hydrogens (tertiary/aromatic N) is 2.